The second-order valence-corrected chi connectivity index (χ2v) is 8.19. The van der Waals surface area contributed by atoms with Crippen LogP contribution in [0.1, 0.15) is 52.4 Å². The second kappa shape index (κ2) is 8.10. The third-order valence-electron chi connectivity index (χ3n) is 5.74. The Bertz CT molecular complexity index is 800. The molecule has 0 amide bonds. The number of ether oxygens (including phenoxy) is 1. The molecule has 28 heavy (non-hydrogen) atoms. The predicted molar refractivity (Wildman–Crippen MR) is 112 cm³/mol. The molecule has 1 aliphatic heterocycles. The quantitative estimate of drug-likeness (QED) is 0.521. The van der Waals surface area contributed by atoms with Gasteiger partial charge in [0.05, 0.1) is 24.2 Å². The lowest BCUT2D eigenvalue weighted by molar-refractivity contribution is -0.143. The Balaban J connectivity index is 2.03. The van der Waals surface area contributed by atoms with E-state index in [-0.39, 0.29) is 18.2 Å². The summed E-state index contributed by atoms with van der Waals surface area (Å²) in [5.41, 5.74) is 2.27. The largest absolute Gasteiger partial charge is 0.466 e. The highest BCUT2D eigenvalue weighted by atomic mass is 16.7. The minimum atomic E-state index is -0.528. The molecule has 1 heterocycles. The zero-order chi connectivity index (χ0) is 20.4. The normalized spacial score (nSPS) is 18.7. The van der Waals surface area contributed by atoms with Gasteiger partial charge in [0.15, 0.2) is 0 Å². The van der Waals surface area contributed by atoms with Crippen LogP contribution in [0.3, 0.4) is 0 Å². The van der Waals surface area contributed by atoms with Gasteiger partial charge in [0.1, 0.15) is 0 Å². The molecule has 148 valence electrons. The fourth-order valence-electron chi connectivity index (χ4n) is 3.51. The van der Waals surface area contributed by atoms with Crippen LogP contribution in [0.2, 0.25) is 0 Å². The van der Waals surface area contributed by atoms with Crippen molar-refractivity contribution in [3.05, 3.63) is 60.2 Å². The molecule has 1 atom stereocenters. The maximum Gasteiger partial charge on any atom is 0.466 e. The van der Waals surface area contributed by atoms with Crippen LogP contribution in [0, 0.1) is 0 Å². The van der Waals surface area contributed by atoms with Crippen LogP contribution in [-0.4, -0.2) is 30.9 Å². The summed E-state index contributed by atoms with van der Waals surface area (Å²) in [6.45, 7) is 10.3. The van der Waals surface area contributed by atoms with Gasteiger partial charge in [-0.15, -0.1) is 0 Å². The Morgan fingerprint density at radius 2 is 1.54 bits per heavy atom. The molecule has 0 aliphatic carbocycles. The smallest absolute Gasteiger partial charge is 0.466 e. The Labute approximate surface area is 168 Å². The van der Waals surface area contributed by atoms with Crippen LogP contribution in [0.15, 0.2) is 54.6 Å². The average Bonchev–Trinajstić information content (AvgIpc) is 2.88. The summed E-state index contributed by atoms with van der Waals surface area (Å²) in [5, 5.41) is 0. The predicted octanol–water partition coefficient (Wildman–Crippen LogP) is 5.02. The van der Waals surface area contributed by atoms with E-state index in [4.69, 9.17) is 14.0 Å². The summed E-state index contributed by atoms with van der Waals surface area (Å²) in [5.74, 6) is -0.512. The molecule has 2 aromatic carbocycles. The Morgan fingerprint density at radius 1 is 0.964 bits per heavy atom. The first-order chi connectivity index (χ1) is 13.2. The van der Waals surface area contributed by atoms with Crippen LogP contribution in [0.4, 0.5) is 0 Å². The van der Waals surface area contributed by atoms with Crippen LogP contribution in [0.5, 0.6) is 0 Å². The Hall–Kier alpha value is -2.11. The number of benzene rings is 2. The molecule has 4 nitrogen and oxygen atoms in total. The van der Waals surface area contributed by atoms with Crippen molar-refractivity contribution in [1.29, 1.82) is 0 Å². The average molecular weight is 380 g/mol. The molecule has 0 bridgehead atoms. The molecule has 3 rings (SSSR count). The van der Waals surface area contributed by atoms with Crippen molar-refractivity contribution in [2.75, 3.05) is 6.61 Å². The van der Waals surface area contributed by atoms with Crippen LogP contribution in [0.25, 0.3) is 11.1 Å². The summed E-state index contributed by atoms with van der Waals surface area (Å²) < 4.78 is 17.9. The molecule has 0 aromatic heterocycles. The van der Waals surface area contributed by atoms with E-state index < -0.39 is 18.3 Å². The highest BCUT2D eigenvalue weighted by Gasteiger charge is 2.54. The molecular formula is C23H29BO4. The molecule has 1 fully saturated rings. The number of hydrogen-bond donors (Lipinski definition) is 0. The SMILES string of the molecule is CCOC(=O)CC(B1OC(C)(C)C(C)(C)O1)c1ccccc1-c1ccccc1. The van der Waals surface area contributed by atoms with Gasteiger partial charge in [-0.3, -0.25) is 4.79 Å². The van der Waals surface area contributed by atoms with Gasteiger partial charge in [0.2, 0.25) is 0 Å². The number of rotatable bonds is 6. The van der Waals surface area contributed by atoms with Crippen LogP contribution >= 0.6 is 0 Å². The van der Waals surface area contributed by atoms with Crippen molar-refractivity contribution in [3.8, 4) is 11.1 Å². The zero-order valence-corrected chi connectivity index (χ0v) is 17.4. The van der Waals surface area contributed by atoms with Crippen molar-refractivity contribution in [2.24, 2.45) is 0 Å². The first kappa shape index (κ1) is 20.6. The van der Waals surface area contributed by atoms with Gasteiger partial charge >= 0.3 is 13.1 Å². The van der Waals surface area contributed by atoms with Gasteiger partial charge in [-0.2, -0.15) is 0 Å². The van der Waals surface area contributed by atoms with Crippen molar-refractivity contribution in [1.82, 2.24) is 0 Å². The van der Waals surface area contributed by atoms with Gasteiger partial charge in [0.25, 0.3) is 0 Å². The highest BCUT2D eigenvalue weighted by molar-refractivity contribution is 6.48. The van der Waals surface area contributed by atoms with Gasteiger partial charge < -0.3 is 14.0 Å². The molecule has 0 spiro atoms. The summed E-state index contributed by atoms with van der Waals surface area (Å²) in [4.78, 5) is 12.4. The first-order valence-electron chi connectivity index (χ1n) is 9.91. The van der Waals surface area contributed by atoms with E-state index in [1.54, 1.807) is 0 Å². The van der Waals surface area contributed by atoms with E-state index in [2.05, 4.69) is 24.3 Å². The first-order valence-corrected chi connectivity index (χ1v) is 9.91. The summed E-state index contributed by atoms with van der Waals surface area (Å²) in [7, 11) is -0.528. The fourth-order valence-corrected chi connectivity index (χ4v) is 3.51. The lowest BCUT2D eigenvalue weighted by Gasteiger charge is -2.32. The van der Waals surface area contributed by atoms with E-state index in [1.165, 1.54) is 0 Å². The number of hydrogen-bond acceptors (Lipinski definition) is 4. The summed E-state index contributed by atoms with van der Waals surface area (Å²) >= 11 is 0. The molecular weight excluding hydrogens is 351 g/mol. The van der Waals surface area contributed by atoms with Crippen molar-refractivity contribution < 1.29 is 18.8 Å². The van der Waals surface area contributed by atoms with E-state index in [9.17, 15) is 4.79 Å². The number of carbonyl (C=O) groups is 1. The molecule has 2 aromatic rings. The van der Waals surface area contributed by atoms with E-state index >= 15 is 0 Å². The van der Waals surface area contributed by atoms with E-state index in [1.807, 2.05) is 65.0 Å². The van der Waals surface area contributed by atoms with Gasteiger partial charge in [0, 0.05) is 5.82 Å². The third-order valence-corrected chi connectivity index (χ3v) is 5.74. The van der Waals surface area contributed by atoms with E-state index in [0.29, 0.717) is 6.61 Å². The molecule has 1 unspecified atom stereocenters. The monoisotopic (exact) mass is 380 g/mol. The second-order valence-electron chi connectivity index (χ2n) is 8.19. The van der Waals surface area contributed by atoms with Crippen molar-refractivity contribution in [2.45, 2.75) is 58.1 Å². The number of carbonyl (C=O) groups excluding carboxylic acids is 1. The topological polar surface area (TPSA) is 44.8 Å². The maximum atomic E-state index is 12.4. The lowest BCUT2D eigenvalue weighted by atomic mass is 9.64. The number of esters is 1. The van der Waals surface area contributed by atoms with Gasteiger partial charge in [-0.05, 0) is 51.3 Å². The van der Waals surface area contributed by atoms with E-state index in [0.717, 1.165) is 16.7 Å². The van der Waals surface area contributed by atoms with Gasteiger partial charge in [-0.1, -0.05) is 54.6 Å². The summed E-state index contributed by atoms with van der Waals surface area (Å²) in [6, 6.07) is 18.3. The minimum Gasteiger partial charge on any atom is -0.466 e. The summed E-state index contributed by atoms with van der Waals surface area (Å²) in [6.07, 6.45) is 0.203. The Kier molecular flexibility index (Phi) is 5.97. The van der Waals surface area contributed by atoms with Crippen LogP contribution < -0.4 is 0 Å². The van der Waals surface area contributed by atoms with Crippen molar-refractivity contribution >= 4 is 13.1 Å². The van der Waals surface area contributed by atoms with Crippen molar-refractivity contribution in [3.63, 3.8) is 0 Å². The Morgan fingerprint density at radius 3 is 2.14 bits per heavy atom. The standard InChI is InChI=1S/C23H29BO4/c1-6-26-21(25)16-20(24-27-22(2,3)23(4,5)28-24)19-15-11-10-14-18(19)17-12-8-7-9-13-17/h7-15,20H,6,16H2,1-5H3. The third kappa shape index (κ3) is 4.16. The highest BCUT2D eigenvalue weighted by Crippen LogP contribution is 2.43. The maximum absolute atomic E-state index is 12.4. The molecule has 0 radical (unpaired) electrons. The molecule has 5 heteroatoms. The minimum absolute atomic E-state index is 0.203. The lowest BCUT2D eigenvalue weighted by Crippen LogP contribution is -2.41. The molecule has 0 N–H and O–H groups in total. The van der Waals surface area contributed by atoms with Gasteiger partial charge in [-0.25, -0.2) is 0 Å². The molecule has 1 aliphatic rings. The van der Waals surface area contributed by atoms with Crippen LogP contribution in [-0.2, 0) is 18.8 Å². The zero-order valence-electron chi connectivity index (χ0n) is 17.4. The molecule has 1 saturated heterocycles. The fraction of sp³-hybridized carbons (Fsp3) is 0.435. The molecule has 0 saturated carbocycles.